The molecule has 1 rings (SSSR count). The van der Waals surface area contributed by atoms with Crippen LogP contribution in [-0.2, 0) is 9.53 Å². The molecule has 0 saturated carbocycles. The Hall–Kier alpha value is -0.610. The molecule has 1 aliphatic rings. The van der Waals surface area contributed by atoms with E-state index < -0.39 is 17.5 Å². The number of carbonyl (C=O) groups is 1. The van der Waals surface area contributed by atoms with E-state index in [1.54, 1.807) is 0 Å². The molecule has 1 heterocycles. The predicted octanol–water partition coefficient (Wildman–Crippen LogP) is 0.639. The second kappa shape index (κ2) is 4.07. The van der Waals surface area contributed by atoms with Crippen molar-refractivity contribution in [3.05, 3.63) is 0 Å². The second-order valence-electron chi connectivity index (χ2n) is 3.55. The lowest BCUT2D eigenvalue weighted by atomic mass is 9.74. The SMILES string of the molecule is CCCC1(C(=O)O)CCOCC1O. The molecule has 76 valence electrons. The third kappa shape index (κ3) is 1.84. The molecule has 4 nitrogen and oxygen atoms in total. The van der Waals surface area contributed by atoms with Gasteiger partial charge in [-0.2, -0.15) is 0 Å². The van der Waals surface area contributed by atoms with Gasteiger partial charge in [0.25, 0.3) is 0 Å². The molecule has 0 aromatic carbocycles. The monoisotopic (exact) mass is 188 g/mol. The highest BCUT2D eigenvalue weighted by atomic mass is 16.5. The number of rotatable bonds is 3. The van der Waals surface area contributed by atoms with E-state index in [9.17, 15) is 9.90 Å². The Balaban J connectivity index is 2.79. The van der Waals surface area contributed by atoms with Gasteiger partial charge in [-0.15, -0.1) is 0 Å². The van der Waals surface area contributed by atoms with Crippen LogP contribution in [0.4, 0.5) is 0 Å². The van der Waals surface area contributed by atoms with Gasteiger partial charge in [0.1, 0.15) is 0 Å². The molecular weight excluding hydrogens is 172 g/mol. The molecule has 13 heavy (non-hydrogen) atoms. The molecule has 0 aromatic rings. The zero-order valence-corrected chi connectivity index (χ0v) is 7.82. The van der Waals surface area contributed by atoms with Crippen LogP contribution in [0.3, 0.4) is 0 Å². The number of aliphatic carboxylic acids is 1. The van der Waals surface area contributed by atoms with Crippen molar-refractivity contribution in [3.8, 4) is 0 Å². The molecule has 0 radical (unpaired) electrons. The summed E-state index contributed by atoms with van der Waals surface area (Å²) in [5.41, 5.74) is -0.965. The number of carboxylic acid groups (broad SMARTS) is 1. The van der Waals surface area contributed by atoms with E-state index in [1.807, 2.05) is 6.92 Å². The molecular formula is C9H16O4. The molecule has 0 aliphatic carbocycles. The summed E-state index contributed by atoms with van der Waals surface area (Å²) in [4.78, 5) is 11.1. The molecule has 0 aromatic heterocycles. The molecule has 2 atom stereocenters. The van der Waals surface area contributed by atoms with E-state index in [1.165, 1.54) is 0 Å². The highest BCUT2D eigenvalue weighted by Gasteiger charge is 2.46. The van der Waals surface area contributed by atoms with Crippen LogP contribution in [0.5, 0.6) is 0 Å². The molecule has 2 unspecified atom stereocenters. The van der Waals surface area contributed by atoms with Gasteiger partial charge < -0.3 is 14.9 Å². The van der Waals surface area contributed by atoms with Crippen LogP contribution in [0, 0.1) is 5.41 Å². The molecule has 1 fully saturated rings. The Labute approximate surface area is 77.5 Å². The van der Waals surface area contributed by atoms with Crippen LogP contribution in [0.15, 0.2) is 0 Å². The first kappa shape index (κ1) is 10.5. The predicted molar refractivity (Wildman–Crippen MR) is 46.4 cm³/mol. The van der Waals surface area contributed by atoms with Crippen molar-refractivity contribution in [3.63, 3.8) is 0 Å². The minimum atomic E-state index is -0.965. The molecule has 1 saturated heterocycles. The Morgan fingerprint density at radius 1 is 1.69 bits per heavy atom. The van der Waals surface area contributed by atoms with E-state index in [0.717, 1.165) is 6.42 Å². The van der Waals surface area contributed by atoms with Crippen LogP contribution in [0.25, 0.3) is 0 Å². The quantitative estimate of drug-likeness (QED) is 0.682. The summed E-state index contributed by atoms with van der Waals surface area (Å²) < 4.78 is 5.02. The fraction of sp³-hybridized carbons (Fsp3) is 0.889. The summed E-state index contributed by atoms with van der Waals surface area (Å²) in [7, 11) is 0. The van der Waals surface area contributed by atoms with Gasteiger partial charge in [-0.1, -0.05) is 13.3 Å². The zero-order valence-electron chi connectivity index (χ0n) is 7.82. The van der Waals surface area contributed by atoms with Crippen molar-refractivity contribution in [2.45, 2.75) is 32.3 Å². The van der Waals surface area contributed by atoms with Crippen molar-refractivity contribution in [2.75, 3.05) is 13.2 Å². The normalized spacial score (nSPS) is 34.5. The van der Waals surface area contributed by atoms with Crippen LogP contribution < -0.4 is 0 Å². The minimum Gasteiger partial charge on any atom is -0.481 e. The number of hydrogen-bond donors (Lipinski definition) is 2. The second-order valence-corrected chi connectivity index (χ2v) is 3.55. The lowest BCUT2D eigenvalue weighted by Crippen LogP contribution is -2.48. The van der Waals surface area contributed by atoms with Crippen LogP contribution in [0.2, 0.25) is 0 Å². The minimum absolute atomic E-state index is 0.145. The number of carboxylic acids is 1. The van der Waals surface area contributed by atoms with Gasteiger partial charge in [-0.3, -0.25) is 4.79 Å². The fourth-order valence-corrected chi connectivity index (χ4v) is 1.87. The van der Waals surface area contributed by atoms with Gasteiger partial charge in [0, 0.05) is 6.61 Å². The standard InChI is InChI=1S/C9H16O4/c1-2-3-9(8(11)12)4-5-13-6-7(9)10/h7,10H,2-6H2,1H3,(H,11,12). The topological polar surface area (TPSA) is 66.8 Å². The lowest BCUT2D eigenvalue weighted by molar-refractivity contribution is -0.171. The molecule has 0 spiro atoms. The number of aliphatic hydroxyl groups excluding tert-OH is 1. The van der Waals surface area contributed by atoms with Gasteiger partial charge in [0.2, 0.25) is 0 Å². The Bertz CT molecular complexity index is 188. The van der Waals surface area contributed by atoms with Gasteiger partial charge in [-0.05, 0) is 12.8 Å². The summed E-state index contributed by atoms with van der Waals surface area (Å²) in [5, 5.41) is 18.7. The maximum Gasteiger partial charge on any atom is 0.312 e. The van der Waals surface area contributed by atoms with Crippen LogP contribution in [0.1, 0.15) is 26.2 Å². The van der Waals surface area contributed by atoms with E-state index in [-0.39, 0.29) is 6.61 Å². The maximum absolute atomic E-state index is 11.1. The fourth-order valence-electron chi connectivity index (χ4n) is 1.87. The van der Waals surface area contributed by atoms with E-state index >= 15 is 0 Å². The molecule has 4 heteroatoms. The smallest absolute Gasteiger partial charge is 0.312 e. The summed E-state index contributed by atoms with van der Waals surface area (Å²) >= 11 is 0. The summed E-state index contributed by atoms with van der Waals surface area (Å²) in [5.74, 6) is -0.898. The van der Waals surface area contributed by atoms with Gasteiger partial charge in [0.15, 0.2) is 0 Å². The van der Waals surface area contributed by atoms with Crippen molar-refractivity contribution in [1.29, 1.82) is 0 Å². The summed E-state index contributed by atoms with van der Waals surface area (Å²) in [6.45, 7) is 2.50. The van der Waals surface area contributed by atoms with E-state index in [0.29, 0.717) is 19.4 Å². The molecule has 0 bridgehead atoms. The maximum atomic E-state index is 11.1. The lowest BCUT2D eigenvalue weighted by Gasteiger charge is -2.37. The number of hydrogen-bond acceptors (Lipinski definition) is 3. The van der Waals surface area contributed by atoms with Crippen molar-refractivity contribution >= 4 is 5.97 Å². The van der Waals surface area contributed by atoms with Crippen molar-refractivity contribution < 1.29 is 19.7 Å². The Morgan fingerprint density at radius 3 is 2.85 bits per heavy atom. The Kier molecular flexibility index (Phi) is 3.27. The first-order valence-corrected chi connectivity index (χ1v) is 4.62. The van der Waals surface area contributed by atoms with Crippen molar-refractivity contribution in [2.24, 2.45) is 5.41 Å². The van der Waals surface area contributed by atoms with Crippen molar-refractivity contribution in [1.82, 2.24) is 0 Å². The first-order valence-electron chi connectivity index (χ1n) is 4.62. The number of ether oxygens (including phenoxy) is 1. The third-order valence-electron chi connectivity index (χ3n) is 2.73. The van der Waals surface area contributed by atoms with Gasteiger partial charge >= 0.3 is 5.97 Å². The van der Waals surface area contributed by atoms with E-state index in [4.69, 9.17) is 9.84 Å². The first-order chi connectivity index (χ1) is 6.13. The third-order valence-corrected chi connectivity index (χ3v) is 2.73. The number of aliphatic hydroxyl groups is 1. The summed E-state index contributed by atoms with van der Waals surface area (Å²) in [6, 6.07) is 0. The van der Waals surface area contributed by atoms with Crippen LogP contribution in [-0.4, -0.2) is 35.5 Å². The average Bonchev–Trinajstić information content (AvgIpc) is 2.09. The Morgan fingerprint density at radius 2 is 2.38 bits per heavy atom. The largest absolute Gasteiger partial charge is 0.481 e. The highest BCUT2D eigenvalue weighted by molar-refractivity contribution is 5.75. The van der Waals surface area contributed by atoms with Crippen LogP contribution >= 0.6 is 0 Å². The van der Waals surface area contributed by atoms with E-state index in [2.05, 4.69) is 0 Å². The summed E-state index contributed by atoms with van der Waals surface area (Å²) in [6.07, 6.45) is 0.840. The molecule has 2 N–H and O–H groups in total. The molecule has 0 amide bonds. The average molecular weight is 188 g/mol. The van der Waals surface area contributed by atoms with Gasteiger partial charge in [0.05, 0.1) is 18.1 Å². The highest BCUT2D eigenvalue weighted by Crippen LogP contribution is 2.35. The van der Waals surface area contributed by atoms with Gasteiger partial charge in [-0.25, -0.2) is 0 Å². The zero-order chi connectivity index (χ0) is 9.90. The molecule has 1 aliphatic heterocycles.